The third-order valence-electron chi connectivity index (χ3n) is 2.32. The zero-order valence-electron chi connectivity index (χ0n) is 13.2. The number of benzene rings is 1. The molecular formula is C14H17FO8S. The summed E-state index contributed by atoms with van der Waals surface area (Å²) in [4.78, 5) is 22.5. The summed E-state index contributed by atoms with van der Waals surface area (Å²) in [5.74, 6) is -2.52. The average molecular weight is 364 g/mol. The van der Waals surface area contributed by atoms with E-state index in [1.54, 1.807) is 20.8 Å². The molecule has 0 saturated carbocycles. The first kappa shape index (κ1) is 19.8. The Morgan fingerprint density at radius 1 is 1.21 bits per heavy atom. The monoisotopic (exact) mass is 364 g/mol. The van der Waals surface area contributed by atoms with E-state index in [0.29, 0.717) is 0 Å². The lowest BCUT2D eigenvalue weighted by Crippen LogP contribution is -2.26. The van der Waals surface area contributed by atoms with E-state index in [-0.39, 0.29) is 17.7 Å². The van der Waals surface area contributed by atoms with E-state index in [9.17, 15) is 21.9 Å². The van der Waals surface area contributed by atoms with E-state index in [0.717, 1.165) is 12.1 Å². The Kier molecular flexibility index (Phi) is 6.27. The predicted molar refractivity (Wildman–Crippen MR) is 79.6 cm³/mol. The van der Waals surface area contributed by atoms with Gasteiger partial charge in [-0.25, -0.2) is 9.59 Å². The average Bonchev–Trinajstić information content (AvgIpc) is 2.33. The Balaban J connectivity index is 2.80. The highest BCUT2D eigenvalue weighted by Gasteiger charge is 2.17. The number of rotatable bonds is 7. The first-order chi connectivity index (χ1) is 10.9. The van der Waals surface area contributed by atoms with Crippen LogP contribution >= 0.6 is 0 Å². The molecule has 0 atom stereocenters. The number of esters is 1. The van der Waals surface area contributed by atoms with E-state index in [1.165, 1.54) is 6.07 Å². The predicted octanol–water partition coefficient (Wildman–Crippen LogP) is 1.84. The molecule has 0 amide bonds. The molecule has 10 heteroatoms. The molecule has 0 aliphatic heterocycles. The molecule has 0 aliphatic rings. The SMILES string of the molecule is CC(C)(C)OC(=O)COCc1cc(OS(=O)(=O)F)cc(C(=O)O)c1. The van der Waals surface area contributed by atoms with Crippen molar-refractivity contribution in [1.29, 1.82) is 0 Å². The molecule has 1 aromatic rings. The first-order valence-corrected chi connectivity index (χ1v) is 7.97. The van der Waals surface area contributed by atoms with Gasteiger partial charge in [0.1, 0.15) is 18.0 Å². The molecule has 0 bridgehead atoms. The number of carboxylic acids is 1. The van der Waals surface area contributed by atoms with Crippen molar-refractivity contribution < 1.29 is 40.7 Å². The Labute approximate surface area is 138 Å². The third-order valence-corrected chi connectivity index (χ3v) is 2.71. The second kappa shape index (κ2) is 7.58. The van der Waals surface area contributed by atoms with Crippen LogP contribution in [0.5, 0.6) is 5.75 Å². The van der Waals surface area contributed by atoms with Crippen LogP contribution < -0.4 is 4.18 Å². The van der Waals surface area contributed by atoms with Crippen LogP contribution in [-0.2, 0) is 31.4 Å². The quantitative estimate of drug-likeness (QED) is 0.575. The number of carboxylic acid groups (broad SMARTS) is 1. The number of hydrogen-bond acceptors (Lipinski definition) is 7. The van der Waals surface area contributed by atoms with Gasteiger partial charge in [-0.1, -0.05) is 3.89 Å². The summed E-state index contributed by atoms with van der Waals surface area (Å²) in [6.45, 7) is 4.42. The van der Waals surface area contributed by atoms with Crippen LogP contribution in [-0.4, -0.2) is 37.7 Å². The van der Waals surface area contributed by atoms with Crippen LogP contribution in [0, 0.1) is 0 Å². The van der Waals surface area contributed by atoms with E-state index < -0.39 is 40.4 Å². The van der Waals surface area contributed by atoms with Crippen molar-refractivity contribution in [3.8, 4) is 5.75 Å². The topological polar surface area (TPSA) is 116 Å². The van der Waals surface area contributed by atoms with Crippen molar-refractivity contribution in [2.75, 3.05) is 6.61 Å². The Bertz CT molecular complexity index is 721. The second-order valence-corrected chi connectivity index (χ2v) is 6.68. The molecule has 24 heavy (non-hydrogen) atoms. The van der Waals surface area contributed by atoms with Crippen LogP contribution in [0.4, 0.5) is 3.89 Å². The van der Waals surface area contributed by atoms with Crippen LogP contribution in [0.25, 0.3) is 0 Å². The molecule has 0 unspecified atom stereocenters. The maximum Gasteiger partial charge on any atom is 0.488 e. The van der Waals surface area contributed by atoms with Crippen molar-refractivity contribution in [2.24, 2.45) is 0 Å². The number of ether oxygens (including phenoxy) is 2. The van der Waals surface area contributed by atoms with E-state index in [1.807, 2.05) is 0 Å². The lowest BCUT2D eigenvalue weighted by atomic mass is 10.1. The summed E-state index contributed by atoms with van der Waals surface area (Å²) in [5, 5.41) is 8.96. The highest BCUT2D eigenvalue weighted by molar-refractivity contribution is 7.81. The van der Waals surface area contributed by atoms with E-state index in [2.05, 4.69) is 4.18 Å². The van der Waals surface area contributed by atoms with Crippen molar-refractivity contribution >= 4 is 22.4 Å². The van der Waals surface area contributed by atoms with Crippen molar-refractivity contribution in [3.05, 3.63) is 29.3 Å². The third kappa shape index (κ3) is 7.88. The molecule has 1 aromatic carbocycles. The van der Waals surface area contributed by atoms with Crippen LogP contribution in [0.3, 0.4) is 0 Å². The van der Waals surface area contributed by atoms with Gasteiger partial charge in [0.05, 0.1) is 12.2 Å². The van der Waals surface area contributed by atoms with Gasteiger partial charge in [0.2, 0.25) is 0 Å². The molecule has 0 radical (unpaired) electrons. The number of aromatic carboxylic acids is 1. The van der Waals surface area contributed by atoms with Gasteiger partial charge >= 0.3 is 22.4 Å². The maximum atomic E-state index is 12.6. The van der Waals surface area contributed by atoms with Crippen LogP contribution in [0.1, 0.15) is 36.7 Å². The largest absolute Gasteiger partial charge is 0.488 e. The number of carbonyl (C=O) groups excluding carboxylic acids is 1. The van der Waals surface area contributed by atoms with Crippen LogP contribution in [0.15, 0.2) is 18.2 Å². The van der Waals surface area contributed by atoms with Crippen molar-refractivity contribution in [3.63, 3.8) is 0 Å². The van der Waals surface area contributed by atoms with Gasteiger partial charge < -0.3 is 18.8 Å². The fourth-order valence-corrected chi connectivity index (χ4v) is 1.98. The Hall–Kier alpha value is -2.20. The molecule has 134 valence electrons. The molecule has 0 aromatic heterocycles. The van der Waals surface area contributed by atoms with Gasteiger partial charge in [-0.05, 0) is 44.5 Å². The van der Waals surface area contributed by atoms with Gasteiger partial charge in [0.15, 0.2) is 0 Å². The standard InChI is InChI=1S/C14H17FO8S/c1-14(2,3)22-12(16)8-21-7-9-4-10(13(17)18)6-11(5-9)23-24(15,19)20/h4-6H,7-8H2,1-3H3,(H,17,18). The first-order valence-electron chi connectivity index (χ1n) is 6.67. The number of halogens is 1. The molecule has 0 saturated heterocycles. The van der Waals surface area contributed by atoms with E-state index in [4.69, 9.17) is 14.6 Å². The summed E-state index contributed by atoms with van der Waals surface area (Å²) in [7, 11) is -5.30. The minimum atomic E-state index is -5.30. The summed E-state index contributed by atoms with van der Waals surface area (Å²) >= 11 is 0. The van der Waals surface area contributed by atoms with Gasteiger partial charge in [0, 0.05) is 0 Å². The van der Waals surface area contributed by atoms with Gasteiger partial charge in [-0.15, -0.1) is 0 Å². The summed E-state index contributed by atoms with van der Waals surface area (Å²) < 4.78 is 47.7. The molecule has 0 heterocycles. The maximum absolute atomic E-state index is 12.6. The van der Waals surface area contributed by atoms with Gasteiger partial charge in [-0.2, -0.15) is 8.42 Å². The molecule has 0 spiro atoms. The second-order valence-electron chi connectivity index (χ2n) is 5.73. The number of hydrogen-bond donors (Lipinski definition) is 1. The zero-order chi connectivity index (χ0) is 18.5. The smallest absolute Gasteiger partial charge is 0.478 e. The molecule has 1 N–H and O–H groups in total. The molecule has 0 fully saturated rings. The highest BCUT2D eigenvalue weighted by Crippen LogP contribution is 2.20. The fraction of sp³-hybridized carbons (Fsp3) is 0.429. The van der Waals surface area contributed by atoms with Crippen molar-refractivity contribution in [1.82, 2.24) is 0 Å². The highest BCUT2D eigenvalue weighted by atomic mass is 32.3. The molecule has 1 rings (SSSR count). The lowest BCUT2D eigenvalue weighted by molar-refractivity contribution is -0.160. The van der Waals surface area contributed by atoms with Gasteiger partial charge in [0.25, 0.3) is 0 Å². The van der Waals surface area contributed by atoms with Crippen LogP contribution in [0.2, 0.25) is 0 Å². The summed E-state index contributed by atoms with van der Waals surface area (Å²) in [5.41, 5.74) is -0.829. The van der Waals surface area contributed by atoms with E-state index >= 15 is 0 Å². The minimum absolute atomic E-state index is 0.178. The summed E-state index contributed by atoms with van der Waals surface area (Å²) in [6.07, 6.45) is 0. The molecule has 8 nitrogen and oxygen atoms in total. The normalized spacial score (nSPS) is 11.8. The Morgan fingerprint density at radius 2 is 1.83 bits per heavy atom. The Morgan fingerprint density at radius 3 is 2.33 bits per heavy atom. The minimum Gasteiger partial charge on any atom is -0.478 e. The zero-order valence-corrected chi connectivity index (χ0v) is 14.1. The molecular weight excluding hydrogens is 347 g/mol. The molecule has 0 aliphatic carbocycles. The number of carbonyl (C=O) groups is 2. The fourth-order valence-electron chi connectivity index (χ4n) is 1.65. The van der Waals surface area contributed by atoms with Gasteiger partial charge in [-0.3, -0.25) is 0 Å². The lowest BCUT2D eigenvalue weighted by Gasteiger charge is -2.19. The summed E-state index contributed by atoms with van der Waals surface area (Å²) in [6, 6.07) is 3.10. The van der Waals surface area contributed by atoms with Crippen molar-refractivity contribution in [2.45, 2.75) is 33.0 Å².